The van der Waals surface area contributed by atoms with E-state index in [1.807, 2.05) is 6.07 Å². The molecule has 0 saturated heterocycles. The lowest BCUT2D eigenvalue weighted by molar-refractivity contribution is 0.666. The van der Waals surface area contributed by atoms with Crippen LogP contribution in [0.1, 0.15) is 22.3 Å². The molecule has 13 aromatic carbocycles. The zero-order valence-corrected chi connectivity index (χ0v) is 46.9. The third-order valence-electron chi connectivity index (χ3n) is 18.1. The molecule has 0 radical (unpaired) electrons. The Hall–Kier alpha value is -10.5. The Bertz CT molecular complexity index is 5360. The summed E-state index contributed by atoms with van der Waals surface area (Å²) < 4.78 is 12.5. The highest BCUT2D eigenvalue weighted by atomic mass is 79.9. The van der Waals surface area contributed by atoms with Crippen LogP contribution in [0.2, 0.25) is 0 Å². The highest BCUT2D eigenvalue weighted by molar-refractivity contribution is 9.10. The maximum Gasteiger partial charge on any atom is 0.159 e. The summed E-state index contributed by atoms with van der Waals surface area (Å²) in [6, 6.07) is 107. The Labute approximate surface area is 493 Å². The van der Waals surface area contributed by atoms with E-state index < -0.39 is 5.41 Å². The van der Waals surface area contributed by atoms with E-state index in [0.717, 1.165) is 93.7 Å². The number of hydrogen-bond acceptors (Lipinski definition) is 2. The topological polar surface area (TPSA) is 26.2 Å². The summed E-state index contributed by atoms with van der Waals surface area (Å²) in [5.41, 5.74) is 26.2. The minimum Gasteiger partial charge on any atom is -0.454 e. The van der Waals surface area contributed by atoms with Crippen molar-refractivity contribution in [2.75, 3.05) is 4.90 Å². The summed E-state index contributed by atoms with van der Waals surface area (Å²) in [6.07, 6.45) is 0. The first-order chi connectivity index (χ1) is 41.6. The van der Waals surface area contributed by atoms with Crippen molar-refractivity contribution < 1.29 is 4.42 Å². The van der Waals surface area contributed by atoms with E-state index in [-0.39, 0.29) is 0 Å². The summed E-state index contributed by atoms with van der Waals surface area (Å²) in [4.78, 5) is 2.39. The number of hydrogen-bond donors (Lipinski definition) is 0. The fraction of sp³-hybridized carbons (Fsp3) is 0.0127. The maximum absolute atomic E-state index is 6.61. The number of nitrogens with zero attached hydrogens (tertiary/aromatic N) is 3. The van der Waals surface area contributed by atoms with Gasteiger partial charge in [-0.2, -0.15) is 0 Å². The van der Waals surface area contributed by atoms with Gasteiger partial charge in [0, 0.05) is 59.5 Å². The molecule has 392 valence electrons. The van der Waals surface area contributed by atoms with Crippen LogP contribution in [-0.4, -0.2) is 9.13 Å². The third-order valence-corrected chi connectivity index (χ3v) is 18.6. The second kappa shape index (κ2) is 18.0. The van der Waals surface area contributed by atoms with Crippen LogP contribution < -0.4 is 4.90 Å². The molecule has 4 nitrogen and oxygen atoms in total. The van der Waals surface area contributed by atoms with Gasteiger partial charge in [-0.05, 0) is 182 Å². The average Bonchev–Trinajstić information content (AvgIpc) is 1.54. The molecule has 0 N–H and O–H groups in total. The SMILES string of the molecule is Brc1cc(-c2ccc3c(c2)c2ccccc2n3-c2ccc3c(c2)C2(c4ccccc4-c4ccc(N(c5ccccc5)c5ccccc5)cc42)c2ccccc2-3)cc(-c2ccc3c(c2)c2ccccc2n3-c2cccc3c2oc2ccccc23)c1. The summed E-state index contributed by atoms with van der Waals surface area (Å²) in [7, 11) is 0. The van der Waals surface area contributed by atoms with Gasteiger partial charge in [0.25, 0.3) is 0 Å². The number of benzene rings is 13. The van der Waals surface area contributed by atoms with E-state index >= 15 is 0 Å². The molecule has 0 amide bonds. The van der Waals surface area contributed by atoms with Crippen molar-refractivity contribution in [1.29, 1.82) is 0 Å². The molecule has 2 aliphatic carbocycles. The van der Waals surface area contributed by atoms with Gasteiger partial charge in [-0.3, -0.25) is 0 Å². The quantitative estimate of drug-likeness (QED) is 0.159. The Morgan fingerprint density at radius 1 is 0.310 bits per heavy atom. The summed E-state index contributed by atoms with van der Waals surface area (Å²) >= 11 is 3.99. The number of furan rings is 1. The van der Waals surface area contributed by atoms with E-state index in [0.29, 0.717) is 0 Å². The van der Waals surface area contributed by atoms with Gasteiger partial charge in [0.15, 0.2) is 5.58 Å². The number of para-hydroxylation sites is 6. The van der Waals surface area contributed by atoms with Crippen LogP contribution in [0.5, 0.6) is 0 Å². The van der Waals surface area contributed by atoms with Crippen LogP contribution in [0.15, 0.2) is 300 Å². The van der Waals surface area contributed by atoms with Crippen LogP contribution in [0.3, 0.4) is 0 Å². The largest absolute Gasteiger partial charge is 0.454 e. The van der Waals surface area contributed by atoms with Gasteiger partial charge in [-0.25, -0.2) is 0 Å². The second-order valence-corrected chi connectivity index (χ2v) is 23.4. The van der Waals surface area contributed by atoms with E-state index in [2.05, 4.69) is 315 Å². The molecule has 16 aromatic rings. The highest BCUT2D eigenvalue weighted by Crippen LogP contribution is 2.64. The fourth-order valence-corrected chi connectivity index (χ4v) is 15.2. The zero-order valence-electron chi connectivity index (χ0n) is 45.3. The number of rotatable bonds is 7. The fourth-order valence-electron chi connectivity index (χ4n) is 14.7. The van der Waals surface area contributed by atoms with E-state index in [4.69, 9.17) is 4.42 Å². The number of aromatic nitrogens is 2. The predicted molar refractivity (Wildman–Crippen MR) is 352 cm³/mol. The summed E-state index contributed by atoms with van der Waals surface area (Å²) in [5.74, 6) is 0. The predicted octanol–water partition coefficient (Wildman–Crippen LogP) is 21.7. The Morgan fingerprint density at radius 3 is 1.46 bits per heavy atom. The molecule has 84 heavy (non-hydrogen) atoms. The Kier molecular flexibility index (Phi) is 10.1. The van der Waals surface area contributed by atoms with Crippen LogP contribution in [-0.2, 0) is 5.41 Å². The molecule has 3 heterocycles. The van der Waals surface area contributed by atoms with E-state index in [9.17, 15) is 0 Å². The highest BCUT2D eigenvalue weighted by Gasteiger charge is 2.52. The van der Waals surface area contributed by atoms with Gasteiger partial charge in [0.2, 0.25) is 0 Å². The minimum atomic E-state index is -0.570. The number of fused-ring (bicyclic) bond motifs is 19. The van der Waals surface area contributed by atoms with Crippen LogP contribution in [0.4, 0.5) is 17.1 Å². The molecule has 0 fully saturated rings. The maximum atomic E-state index is 6.61. The average molecular weight is 1140 g/mol. The molecular formula is C79H48BrN3O. The zero-order chi connectivity index (χ0) is 55.2. The van der Waals surface area contributed by atoms with Gasteiger partial charge in [-0.15, -0.1) is 0 Å². The second-order valence-electron chi connectivity index (χ2n) is 22.5. The Balaban J connectivity index is 0.774. The molecule has 18 rings (SSSR count). The lowest BCUT2D eigenvalue weighted by atomic mass is 9.70. The molecule has 0 bridgehead atoms. The first-order valence-electron chi connectivity index (χ1n) is 28.7. The molecule has 0 aliphatic heterocycles. The van der Waals surface area contributed by atoms with Crippen molar-refractivity contribution >= 4 is 98.5 Å². The van der Waals surface area contributed by atoms with Crippen LogP contribution in [0, 0.1) is 0 Å². The number of halogens is 1. The molecule has 2 aliphatic rings. The first-order valence-corrected chi connectivity index (χ1v) is 29.5. The summed E-state index contributed by atoms with van der Waals surface area (Å²) in [5, 5.41) is 7.05. The van der Waals surface area contributed by atoms with Gasteiger partial charge in [0.1, 0.15) is 5.58 Å². The van der Waals surface area contributed by atoms with E-state index in [1.165, 1.54) is 71.6 Å². The lowest BCUT2D eigenvalue weighted by Crippen LogP contribution is -2.26. The van der Waals surface area contributed by atoms with Crippen molar-refractivity contribution in [2.24, 2.45) is 0 Å². The normalized spacial score (nSPS) is 14.1. The standard InChI is InChI=1S/C79H48BrN3O/c80-53-43-51(42-52(44-53)50-35-41-75-67(46-50)63-25-10-15-31-73(63)83(75)76-32-17-27-65-64-26-11-16-33-77(64)84-78(65)76)49-34-40-74-66(45-49)62-24-9-14-30-72(62)82(74)57-37-39-61-59-23-8-13-29-69(59)79(71(61)48-57)68-28-12-7-22-58(68)60-38-36-56(47-70(60)79)81(54-18-3-1-4-19-54)55-20-5-2-6-21-55/h1-48H. The third kappa shape index (κ3) is 6.70. The molecule has 0 saturated carbocycles. The van der Waals surface area contributed by atoms with Gasteiger partial charge >= 0.3 is 0 Å². The van der Waals surface area contributed by atoms with Gasteiger partial charge in [-0.1, -0.05) is 192 Å². The van der Waals surface area contributed by atoms with Gasteiger partial charge in [0.05, 0.1) is 33.2 Å². The minimum absolute atomic E-state index is 0.570. The van der Waals surface area contributed by atoms with Gasteiger partial charge < -0.3 is 18.5 Å². The van der Waals surface area contributed by atoms with Crippen molar-refractivity contribution in [3.05, 3.63) is 318 Å². The molecule has 5 heteroatoms. The van der Waals surface area contributed by atoms with Crippen molar-refractivity contribution in [3.63, 3.8) is 0 Å². The molecule has 1 atom stereocenters. The monoisotopic (exact) mass is 1130 g/mol. The molecular weight excluding hydrogens is 1090 g/mol. The molecule has 1 spiro atoms. The van der Waals surface area contributed by atoms with E-state index in [1.54, 1.807) is 0 Å². The van der Waals surface area contributed by atoms with Crippen LogP contribution in [0.25, 0.3) is 121 Å². The first kappa shape index (κ1) is 47.2. The smallest absolute Gasteiger partial charge is 0.159 e. The molecule has 3 aromatic heterocycles. The Morgan fingerprint density at radius 2 is 0.810 bits per heavy atom. The summed E-state index contributed by atoms with van der Waals surface area (Å²) in [6.45, 7) is 0. The van der Waals surface area contributed by atoms with Crippen LogP contribution >= 0.6 is 15.9 Å². The van der Waals surface area contributed by atoms with Crippen molar-refractivity contribution in [1.82, 2.24) is 9.13 Å². The number of anilines is 3. The van der Waals surface area contributed by atoms with Crippen molar-refractivity contribution in [2.45, 2.75) is 5.41 Å². The van der Waals surface area contributed by atoms with Crippen molar-refractivity contribution in [3.8, 4) is 55.9 Å². The molecule has 1 unspecified atom stereocenters. The lowest BCUT2D eigenvalue weighted by Gasteiger charge is -2.32.